The highest BCUT2D eigenvalue weighted by atomic mass is 19.1. The fourth-order valence-electron chi connectivity index (χ4n) is 2.23. The number of halogens is 1. The average molecular weight is 294 g/mol. The molecule has 1 saturated carbocycles. The summed E-state index contributed by atoms with van der Waals surface area (Å²) in [6, 6.07) is 5.29. The summed E-state index contributed by atoms with van der Waals surface area (Å²) in [5.74, 6) is -0.416. The number of benzene rings is 1. The van der Waals surface area contributed by atoms with Crippen LogP contribution in [0.2, 0.25) is 0 Å². The fourth-order valence-corrected chi connectivity index (χ4v) is 2.23. The number of carbonyl (C=O) groups excluding carboxylic acids is 1. The fraction of sp³-hybridized carbons (Fsp3) is 0.562. The van der Waals surface area contributed by atoms with Gasteiger partial charge in [-0.25, -0.2) is 4.39 Å². The van der Waals surface area contributed by atoms with E-state index in [1.165, 1.54) is 6.07 Å². The minimum absolute atomic E-state index is 0.0844. The van der Waals surface area contributed by atoms with E-state index in [4.69, 9.17) is 4.74 Å². The summed E-state index contributed by atoms with van der Waals surface area (Å²) in [5.41, 5.74) is 0.864. The Morgan fingerprint density at radius 2 is 2.24 bits per heavy atom. The van der Waals surface area contributed by atoms with Crippen LogP contribution >= 0.6 is 0 Å². The van der Waals surface area contributed by atoms with Gasteiger partial charge in [-0.3, -0.25) is 4.79 Å². The number of rotatable bonds is 7. The van der Waals surface area contributed by atoms with Crippen molar-refractivity contribution in [2.75, 3.05) is 20.2 Å². The van der Waals surface area contributed by atoms with E-state index in [1.54, 1.807) is 18.0 Å². The van der Waals surface area contributed by atoms with Crippen LogP contribution in [0.4, 0.5) is 4.39 Å². The molecule has 4 nitrogen and oxygen atoms in total. The predicted octanol–water partition coefficient (Wildman–Crippen LogP) is 2.50. The third kappa shape index (κ3) is 4.17. The molecule has 2 rings (SSSR count). The van der Waals surface area contributed by atoms with Crippen LogP contribution in [0.3, 0.4) is 0 Å². The van der Waals surface area contributed by atoms with E-state index >= 15 is 0 Å². The van der Waals surface area contributed by atoms with Crippen molar-refractivity contribution < 1.29 is 13.9 Å². The Hall–Kier alpha value is -1.62. The van der Waals surface area contributed by atoms with E-state index in [-0.39, 0.29) is 24.3 Å². The zero-order chi connectivity index (χ0) is 15.4. The van der Waals surface area contributed by atoms with Gasteiger partial charge in [0.15, 0.2) is 18.2 Å². The first-order chi connectivity index (χ1) is 10.0. The maximum atomic E-state index is 14.0. The van der Waals surface area contributed by atoms with Crippen LogP contribution in [0.1, 0.15) is 38.3 Å². The zero-order valence-corrected chi connectivity index (χ0v) is 12.9. The minimum Gasteiger partial charge on any atom is -0.481 e. The van der Waals surface area contributed by atoms with Crippen molar-refractivity contribution in [1.29, 1.82) is 0 Å². The van der Waals surface area contributed by atoms with Gasteiger partial charge >= 0.3 is 0 Å². The number of hydrogen-bond donors (Lipinski definition) is 1. The van der Waals surface area contributed by atoms with Crippen molar-refractivity contribution in [3.8, 4) is 5.75 Å². The molecule has 1 aliphatic carbocycles. The zero-order valence-electron chi connectivity index (χ0n) is 12.9. The van der Waals surface area contributed by atoms with Crippen molar-refractivity contribution in [2.24, 2.45) is 0 Å². The number of nitrogens with one attached hydrogen (secondary N) is 1. The van der Waals surface area contributed by atoms with Crippen LogP contribution in [-0.2, 0) is 4.79 Å². The first kappa shape index (κ1) is 15.8. The van der Waals surface area contributed by atoms with Crippen LogP contribution in [-0.4, -0.2) is 37.0 Å². The van der Waals surface area contributed by atoms with Crippen LogP contribution in [0.25, 0.3) is 0 Å². The Morgan fingerprint density at radius 3 is 2.81 bits per heavy atom. The molecular formula is C16H23FN2O2. The maximum absolute atomic E-state index is 14.0. The Balaban J connectivity index is 1.92. The summed E-state index contributed by atoms with van der Waals surface area (Å²) < 4.78 is 19.3. The lowest BCUT2D eigenvalue weighted by atomic mass is 10.1. The lowest BCUT2D eigenvalue weighted by Gasteiger charge is -2.17. The van der Waals surface area contributed by atoms with Crippen molar-refractivity contribution in [2.45, 2.75) is 38.8 Å². The van der Waals surface area contributed by atoms with Gasteiger partial charge in [-0.1, -0.05) is 13.0 Å². The van der Waals surface area contributed by atoms with Gasteiger partial charge in [-0.2, -0.15) is 0 Å². The number of hydrogen-bond acceptors (Lipinski definition) is 3. The quantitative estimate of drug-likeness (QED) is 0.840. The van der Waals surface area contributed by atoms with Crippen LogP contribution in [0, 0.1) is 5.82 Å². The lowest BCUT2D eigenvalue weighted by molar-refractivity contribution is -0.132. The summed E-state index contributed by atoms with van der Waals surface area (Å²) in [6.45, 7) is 4.69. The highest BCUT2D eigenvalue weighted by Gasteiger charge is 2.29. The van der Waals surface area contributed by atoms with Crippen LogP contribution < -0.4 is 10.1 Å². The molecule has 0 heterocycles. The molecule has 21 heavy (non-hydrogen) atoms. The molecule has 0 aliphatic heterocycles. The van der Waals surface area contributed by atoms with E-state index < -0.39 is 5.82 Å². The summed E-state index contributed by atoms with van der Waals surface area (Å²) in [7, 11) is 1.76. The average Bonchev–Trinajstić information content (AvgIpc) is 3.29. The number of carbonyl (C=O) groups is 1. The number of nitrogens with zero attached hydrogens (tertiary/aromatic N) is 1. The van der Waals surface area contributed by atoms with Gasteiger partial charge in [0.2, 0.25) is 0 Å². The molecule has 1 atom stereocenters. The van der Waals surface area contributed by atoms with Gasteiger partial charge in [0.25, 0.3) is 5.91 Å². The molecular weight excluding hydrogens is 271 g/mol. The number of likely N-dealkylation sites (N-methyl/N-ethyl adjacent to an activating group) is 1. The Bertz CT molecular complexity index is 503. The third-order valence-corrected chi connectivity index (χ3v) is 3.81. The second kappa shape index (κ2) is 6.89. The normalized spacial score (nSPS) is 15.6. The molecule has 0 saturated heterocycles. The van der Waals surface area contributed by atoms with Gasteiger partial charge in [0.05, 0.1) is 0 Å². The Kier molecular flexibility index (Phi) is 5.17. The molecule has 1 aromatic carbocycles. The molecule has 0 bridgehead atoms. The molecule has 0 spiro atoms. The maximum Gasteiger partial charge on any atom is 0.260 e. The smallest absolute Gasteiger partial charge is 0.260 e. The number of amides is 1. The van der Waals surface area contributed by atoms with E-state index in [0.29, 0.717) is 6.04 Å². The van der Waals surface area contributed by atoms with E-state index in [9.17, 15) is 9.18 Å². The van der Waals surface area contributed by atoms with E-state index in [2.05, 4.69) is 5.32 Å². The summed E-state index contributed by atoms with van der Waals surface area (Å²) in [6.07, 6.45) is 2.10. The van der Waals surface area contributed by atoms with Gasteiger partial charge < -0.3 is 15.0 Å². The van der Waals surface area contributed by atoms with Gasteiger partial charge in [0, 0.05) is 19.1 Å². The molecule has 5 heteroatoms. The standard InChI is InChI=1S/C16H23FN2O2/c1-4-18-11(2)12-5-8-15(14(17)9-12)21-10-16(20)19(3)13-6-7-13/h5,8-9,11,13,18H,4,6-7,10H2,1-3H3. The second-order valence-electron chi connectivity index (χ2n) is 5.49. The second-order valence-corrected chi connectivity index (χ2v) is 5.49. The van der Waals surface area contributed by atoms with Crippen molar-refractivity contribution in [3.63, 3.8) is 0 Å². The Labute approximate surface area is 125 Å². The van der Waals surface area contributed by atoms with Gasteiger partial charge in [0.1, 0.15) is 0 Å². The van der Waals surface area contributed by atoms with Crippen LogP contribution in [0.5, 0.6) is 5.75 Å². The monoisotopic (exact) mass is 294 g/mol. The first-order valence-corrected chi connectivity index (χ1v) is 7.44. The molecule has 1 unspecified atom stereocenters. The molecule has 1 fully saturated rings. The predicted molar refractivity (Wildman–Crippen MR) is 79.8 cm³/mol. The number of ether oxygens (including phenoxy) is 1. The third-order valence-electron chi connectivity index (χ3n) is 3.81. The first-order valence-electron chi connectivity index (χ1n) is 7.44. The Morgan fingerprint density at radius 1 is 1.52 bits per heavy atom. The highest BCUT2D eigenvalue weighted by molar-refractivity contribution is 5.78. The summed E-state index contributed by atoms with van der Waals surface area (Å²) in [5, 5.41) is 3.22. The molecule has 1 amide bonds. The van der Waals surface area contributed by atoms with Crippen molar-refractivity contribution >= 4 is 5.91 Å². The highest BCUT2D eigenvalue weighted by Crippen LogP contribution is 2.26. The largest absolute Gasteiger partial charge is 0.481 e. The van der Waals surface area contributed by atoms with Crippen molar-refractivity contribution in [3.05, 3.63) is 29.6 Å². The molecule has 1 aliphatic rings. The molecule has 0 aromatic heterocycles. The molecule has 116 valence electrons. The molecule has 0 radical (unpaired) electrons. The molecule has 1 aromatic rings. The summed E-state index contributed by atoms with van der Waals surface area (Å²) in [4.78, 5) is 13.5. The summed E-state index contributed by atoms with van der Waals surface area (Å²) >= 11 is 0. The van der Waals surface area contributed by atoms with E-state index in [1.807, 2.05) is 19.9 Å². The minimum atomic E-state index is -0.431. The van der Waals surface area contributed by atoms with Crippen molar-refractivity contribution in [1.82, 2.24) is 10.2 Å². The van der Waals surface area contributed by atoms with Gasteiger partial charge in [-0.15, -0.1) is 0 Å². The molecule has 1 N–H and O–H groups in total. The van der Waals surface area contributed by atoms with E-state index in [0.717, 1.165) is 24.9 Å². The lowest BCUT2D eigenvalue weighted by Crippen LogP contribution is -2.33. The van der Waals surface area contributed by atoms with Crippen LogP contribution in [0.15, 0.2) is 18.2 Å². The topological polar surface area (TPSA) is 41.6 Å². The SMILES string of the molecule is CCNC(C)c1ccc(OCC(=O)N(C)C2CC2)c(F)c1. The van der Waals surface area contributed by atoms with Gasteiger partial charge in [-0.05, 0) is 44.0 Å².